The van der Waals surface area contributed by atoms with Gasteiger partial charge in [-0.3, -0.25) is 4.79 Å². The Kier molecular flexibility index (Phi) is 0.898. The first-order chi connectivity index (χ1) is 3.43. The largest absolute Gasteiger partial charge is 0.298 e. The quantitative estimate of drug-likeness (QED) is 0.411. The van der Waals surface area contributed by atoms with E-state index in [0.29, 0.717) is 11.9 Å². The maximum absolute atomic E-state index is 9.79. The van der Waals surface area contributed by atoms with Crippen molar-refractivity contribution in [3.8, 4) is 0 Å². The molecule has 0 saturated heterocycles. The van der Waals surface area contributed by atoms with Crippen molar-refractivity contribution in [2.45, 2.75) is 0 Å². The monoisotopic (exact) mass is 95.0 g/mol. The van der Waals surface area contributed by atoms with Crippen LogP contribution in [0.5, 0.6) is 0 Å². The van der Waals surface area contributed by atoms with Crippen LogP contribution in [0.1, 0.15) is 0 Å². The van der Waals surface area contributed by atoms with Crippen LogP contribution in [0.2, 0.25) is 0 Å². The Balaban J connectivity index is 2.69. The zero-order valence-corrected chi connectivity index (χ0v) is 3.53. The summed E-state index contributed by atoms with van der Waals surface area (Å²) in [6, 6.07) is 0. The van der Waals surface area contributed by atoms with Crippen LogP contribution in [0.3, 0.4) is 0 Å². The number of allylic oxidation sites excluding steroid dienone is 1. The molecule has 0 aromatic heterocycles. The molecule has 1 radical (unpaired) electrons. The SMILES string of the molecule is O=CC1=C[N]N=C1. The van der Waals surface area contributed by atoms with Gasteiger partial charge >= 0.3 is 0 Å². The molecule has 0 bridgehead atoms. The molecule has 1 aliphatic rings. The maximum atomic E-state index is 9.79. The van der Waals surface area contributed by atoms with Crippen molar-refractivity contribution in [2.75, 3.05) is 0 Å². The molecule has 0 saturated carbocycles. The van der Waals surface area contributed by atoms with Gasteiger partial charge in [-0.05, 0) is 0 Å². The number of rotatable bonds is 1. The lowest BCUT2D eigenvalue weighted by molar-refractivity contribution is -0.104. The second kappa shape index (κ2) is 1.55. The molecule has 0 amide bonds. The number of hydrogen-bond acceptors (Lipinski definition) is 2. The highest BCUT2D eigenvalue weighted by atomic mass is 16.1. The fourth-order valence-corrected chi connectivity index (χ4v) is 0.294. The van der Waals surface area contributed by atoms with E-state index in [1.807, 2.05) is 0 Å². The summed E-state index contributed by atoms with van der Waals surface area (Å²) < 4.78 is 0. The molecule has 7 heavy (non-hydrogen) atoms. The summed E-state index contributed by atoms with van der Waals surface area (Å²) in [4.78, 5) is 9.79. The van der Waals surface area contributed by atoms with Crippen molar-refractivity contribution < 1.29 is 4.79 Å². The van der Waals surface area contributed by atoms with E-state index in [-0.39, 0.29) is 0 Å². The number of nitrogens with zero attached hydrogens (tertiary/aromatic N) is 2. The molecule has 0 unspecified atom stereocenters. The third-order valence-electron chi connectivity index (χ3n) is 0.616. The minimum atomic E-state index is 0.528. The molecular formula is C4H3N2O. The number of hydrogen-bond donors (Lipinski definition) is 0. The lowest BCUT2D eigenvalue weighted by Crippen LogP contribution is -1.78. The summed E-state index contributed by atoms with van der Waals surface area (Å²) in [5, 5.41) is 3.41. The summed E-state index contributed by atoms with van der Waals surface area (Å²) in [5.41, 5.74) is 3.94. The molecule has 0 fully saturated rings. The molecule has 1 heterocycles. The second-order valence-corrected chi connectivity index (χ2v) is 1.11. The van der Waals surface area contributed by atoms with E-state index in [2.05, 4.69) is 10.5 Å². The van der Waals surface area contributed by atoms with E-state index in [1.54, 1.807) is 0 Å². The number of carbonyl (C=O) groups excluding carboxylic acids is 1. The first kappa shape index (κ1) is 4.05. The Labute approximate surface area is 40.7 Å². The van der Waals surface area contributed by atoms with E-state index >= 15 is 0 Å². The van der Waals surface area contributed by atoms with Crippen LogP contribution in [-0.2, 0) is 4.79 Å². The number of aldehydes is 1. The highest BCUT2D eigenvalue weighted by Gasteiger charge is 1.93. The average Bonchev–Trinajstić information content (AvgIpc) is 2.14. The molecule has 0 spiro atoms. The van der Waals surface area contributed by atoms with Gasteiger partial charge in [0.25, 0.3) is 0 Å². The molecule has 3 heteroatoms. The molecule has 0 atom stereocenters. The van der Waals surface area contributed by atoms with Crippen molar-refractivity contribution in [1.29, 1.82) is 0 Å². The highest BCUT2D eigenvalue weighted by molar-refractivity contribution is 6.02. The summed E-state index contributed by atoms with van der Waals surface area (Å²) in [5.74, 6) is 0. The molecule has 0 aliphatic carbocycles. The summed E-state index contributed by atoms with van der Waals surface area (Å²) >= 11 is 0. The van der Waals surface area contributed by atoms with Crippen molar-refractivity contribution >= 4 is 12.5 Å². The van der Waals surface area contributed by atoms with Crippen LogP contribution in [0, 0.1) is 0 Å². The van der Waals surface area contributed by atoms with Crippen molar-refractivity contribution in [3.05, 3.63) is 11.8 Å². The van der Waals surface area contributed by atoms with Gasteiger partial charge in [-0.2, -0.15) is 10.5 Å². The van der Waals surface area contributed by atoms with E-state index in [4.69, 9.17) is 0 Å². The zero-order chi connectivity index (χ0) is 5.11. The van der Waals surface area contributed by atoms with Gasteiger partial charge < -0.3 is 0 Å². The molecule has 1 rings (SSSR count). The summed E-state index contributed by atoms with van der Waals surface area (Å²) in [6.45, 7) is 0. The van der Waals surface area contributed by atoms with E-state index in [0.717, 1.165) is 0 Å². The molecule has 1 aliphatic heterocycles. The Morgan fingerprint density at radius 1 is 1.71 bits per heavy atom. The summed E-state index contributed by atoms with van der Waals surface area (Å²) in [6.07, 6.45) is 3.53. The number of carbonyl (C=O) groups is 1. The Hall–Kier alpha value is -1.12. The van der Waals surface area contributed by atoms with Gasteiger partial charge in [-0.15, -0.1) is 0 Å². The van der Waals surface area contributed by atoms with Crippen LogP contribution in [0.4, 0.5) is 0 Å². The normalized spacial score (nSPS) is 15.7. The highest BCUT2D eigenvalue weighted by Crippen LogP contribution is 1.88. The van der Waals surface area contributed by atoms with Gasteiger partial charge in [-0.1, -0.05) is 0 Å². The standard InChI is InChI=1S/C4H3N2O/c7-3-4-1-5-6-2-4/h1-3H. The molecule has 0 N–H and O–H groups in total. The average molecular weight is 95.1 g/mol. The van der Waals surface area contributed by atoms with Gasteiger partial charge in [-0.25, -0.2) is 0 Å². The van der Waals surface area contributed by atoms with Gasteiger partial charge in [0.15, 0.2) is 6.29 Å². The second-order valence-electron chi connectivity index (χ2n) is 1.11. The van der Waals surface area contributed by atoms with Crippen LogP contribution in [0.15, 0.2) is 16.9 Å². The topological polar surface area (TPSA) is 43.5 Å². The van der Waals surface area contributed by atoms with Crippen molar-refractivity contribution in [3.63, 3.8) is 0 Å². The van der Waals surface area contributed by atoms with Crippen molar-refractivity contribution in [2.24, 2.45) is 5.10 Å². The molecular weight excluding hydrogens is 92.1 g/mol. The minimum absolute atomic E-state index is 0.528. The third kappa shape index (κ3) is 0.652. The molecule has 0 aromatic rings. The lowest BCUT2D eigenvalue weighted by Gasteiger charge is -1.67. The first-order valence-corrected chi connectivity index (χ1v) is 1.82. The first-order valence-electron chi connectivity index (χ1n) is 1.82. The fraction of sp³-hybridized carbons (Fsp3) is 0. The third-order valence-corrected chi connectivity index (χ3v) is 0.616. The van der Waals surface area contributed by atoms with Crippen molar-refractivity contribution in [1.82, 2.24) is 5.43 Å². The zero-order valence-electron chi connectivity index (χ0n) is 3.53. The maximum Gasteiger partial charge on any atom is 0.153 e. The van der Waals surface area contributed by atoms with E-state index in [9.17, 15) is 4.79 Å². The predicted octanol–water partition coefficient (Wildman–Crippen LogP) is -0.327. The van der Waals surface area contributed by atoms with Gasteiger partial charge in [0.05, 0.1) is 18.0 Å². The Morgan fingerprint density at radius 3 is 2.86 bits per heavy atom. The Morgan fingerprint density at radius 2 is 2.57 bits per heavy atom. The minimum Gasteiger partial charge on any atom is -0.298 e. The van der Waals surface area contributed by atoms with Crippen LogP contribution in [0.25, 0.3) is 0 Å². The summed E-state index contributed by atoms with van der Waals surface area (Å²) in [7, 11) is 0. The van der Waals surface area contributed by atoms with Gasteiger partial charge in [0, 0.05) is 0 Å². The smallest absolute Gasteiger partial charge is 0.153 e. The van der Waals surface area contributed by atoms with E-state index in [1.165, 1.54) is 12.4 Å². The van der Waals surface area contributed by atoms with Crippen LogP contribution in [-0.4, -0.2) is 12.5 Å². The van der Waals surface area contributed by atoms with Crippen LogP contribution < -0.4 is 5.43 Å². The lowest BCUT2D eigenvalue weighted by atomic mass is 10.4. The van der Waals surface area contributed by atoms with E-state index < -0.39 is 0 Å². The Bertz CT molecular complexity index is 137. The van der Waals surface area contributed by atoms with Crippen LogP contribution >= 0.6 is 0 Å². The molecule has 0 aromatic carbocycles. The molecule has 3 nitrogen and oxygen atoms in total. The fourth-order valence-electron chi connectivity index (χ4n) is 0.294. The van der Waals surface area contributed by atoms with Gasteiger partial charge in [0.2, 0.25) is 0 Å². The predicted molar refractivity (Wildman–Crippen MR) is 24.8 cm³/mol. The van der Waals surface area contributed by atoms with Gasteiger partial charge in [0.1, 0.15) is 0 Å². The molecule has 35 valence electrons.